The van der Waals surface area contributed by atoms with Crippen LogP contribution in [-0.4, -0.2) is 23.3 Å². The van der Waals surface area contributed by atoms with E-state index in [0.717, 1.165) is 31.4 Å². The number of benzene rings is 1. The number of aliphatic hydroxyl groups excluding tert-OH is 1. The Kier molecular flexibility index (Phi) is 2.36. The third-order valence-corrected chi connectivity index (χ3v) is 3.81. The van der Waals surface area contributed by atoms with Gasteiger partial charge in [-0.2, -0.15) is 0 Å². The second kappa shape index (κ2) is 3.74. The fourth-order valence-corrected chi connectivity index (χ4v) is 3.21. The van der Waals surface area contributed by atoms with Crippen LogP contribution < -0.4 is 4.90 Å². The van der Waals surface area contributed by atoms with Crippen molar-refractivity contribution >= 4 is 5.69 Å². The molecule has 0 spiro atoms. The molecule has 1 N–H and O–H groups in total. The number of piperidine rings is 1. The quantitative estimate of drug-likeness (QED) is 0.786. The van der Waals surface area contributed by atoms with E-state index in [4.69, 9.17) is 0 Å². The minimum atomic E-state index is -0.178. The zero-order chi connectivity index (χ0) is 11.1. The third-order valence-electron chi connectivity index (χ3n) is 3.81. The van der Waals surface area contributed by atoms with Crippen LogP contribution in [-0.2, 0) is 0 Å². The zero-order valence-electron chi connectivity index (χ0n) is 9.14. The zero-order valence-corrected chi connectivity index (χ0v) is 9.14. The molecule has 1 aromatic carbocycles. The summed E-state index contributed by atoms with van der Waals surface area (Å²) in [6.07, 6.45) is 3.73. The summed E-state index contributed by atoms with van der Waals surface area (Å²) in [5, 5.41) is 9.71. The highest BCUT2D eigenvalue weighted by molar-refractivity contribution is 5.50. The average Bonchev–Trinajstić information content (AvgIpc) is 2.51. The van der Waals surface area contributed by atoms with Crippen molar-refractivity contribution in [3.8, 4) is 0 Å². The maximum Gasteiger partial charge on any atom is 0.125 e. The lowest BCUT2D eigenvalue weighted by molar-refractivity contribution is 0.126. The van der Waals surface area contributed by atoms with E-state index < -0.39 is 0 Å². The van der Waals surface area contributed by atoms with Crippen LogP contribution in [0.2, 0.25) is 0 Å². The van der Waals surface area contributed by atoms with Gasteiger partial charge in [-0.05, 0) is 43.9 Å². The van der Waals surface area contributed by atoms with Gasteiger partial charge in [-0.3, -0.25) is 0 Å². The van der Waals surface area contributed by atoms with Gasteiger partial charge in [-0.1, -0.05) is 6.07 Å². The molecule has 3 heteroatoms. The number of nitrogens with zero attached hydrogens (tertiary/aromatic N) is 1. The van der Waals surface area contributed by atoms with Crippen LogP contribution in [0, 0.1) is 5.82 Å². The van der Waals surface area contributed by atoms with Gasteiger partial charge in [0.25, 0.3) is 0 Å². The summed E-state index contributed by atoms with van der Waals surface area (Å²) in [4.78, 5) is 2.30. The molecule has 0 aromatic heterocycles. The molecule has 0 radical (unpaired) electrons. The Morgan fingerprint density at radius 2 is 1.88 bits per heavy atom. The predicted molar refractivity (Wildman–Crippen MR) is 60.9 cm³/mol. The molecular weight excluding hydrogens is 205 g/mol. The summed E-state index contributed by atoms with van der Waals surface area (Å²) in [6, 6.07) is 7.60. The lowest BCUT2D eigenvalue weighted by atomic mass is 9.99. The van der Waals surface area contributed by atoms with E-state index in [2.05, 4.69) is 4.90 Å². The predicted octanol–water partition coefficient (Wildman–Crippen LogP) is 2.32. The van der Waals surface area contributed by atoms with Crippen molar-refractivity contribution in [1.29, 1.82) is 0 Å². The molecular formula is C13H16FNO. The van der Waals surface area contributed by atoms with Crippen molar-refractivity contribution in [2.75, 3.05) is 4.90 Å². The minimum Gasteiger partial charge on any atom is -0.393 e. The van der Waals surface area contributed by atoms with Crippen LogP contribution in [0.5, 0.6) is 0 Å². The van der Waals surface area contributed by atoms with E-state index in [0.29, 0.717) is 12.1 Å². The van der Waals surface area contributed by atoms with E-state index in [9.17, 15) is 9.50 Å². The largest absolute Gasteiger partial charge is 0.393 e. The van der Waals surface area contributed by atoms with Crippen LogP contribution in [0.15, 0.2) is 24.3 Å². The van der Waals surface area contributed by atoms with Crippen molar-refractivity contribution in [3.05, 3.63) is 30.1 Å². The normalized spacial score (nSPS) is 33.1. The van der Waals surface area contributed by atoms with E-state index in [1.807, 2.05) is 6.07 Å². The average molecular weight is 221 g/mol. The van der Waals surface area contributed by atoms with Crippen LogP contribution in [0.25, 0.3) is 0 Å². The fourth-order valence-electron chi connectivity index (χ4n) is 3.21. The smallest absolute Gasteiger partial charge is 0.125 e. The highest BCUT2D eigenvalue weighted by Gasteiger charge is 2.40. The first kappa shape index (κ1) is 10.1. The molecule has 2 fully saturated rings. The Morgan fingerprint density at radius 3 is 2.50 bits per heavy atom. The van der Waals surface area contributed by atoms with E-state index in [-0.39, 0.29) is 11.9 Å². The van der Waals surface area contributed by atoms with Gasteiger partial charge in [0.15, 0.2) is 0 Å². The summed E-state index contributed by atoms with van der Waals surface area (Å²) in [5.74, 6) is -0.178. The number of hydrogen-bond donors (Lipinski definition) is 1. The molecule has 16 heavy (non-hydrogen) atoms. The maximum absolute atomic E-state index is 13.2. The standard InChI is InChI=1S/C13H16FNO/c14-9-2-1-3-10(6-9)15-11-4-5-12(15)8-13(16)7-11/h1-3,6,11-13,16H,4-5,7-8H2. The van der Waals surface area contributed by atoms with Gasteiger partial charge in [0, 0.05) is 17.8 Å². The Morgan fingerprint density at radius 1 is 1.19 bits per heavy atom. The third kappa shape index (κ3) is 1.59. The van der Waals surface area contributed by atoms with Crippen molar-refractivity contribution in [2.24, 2.45) is 0 Å². The number of rotatable bonds is 1. The molecule has 2 saturated heterocycles. The summed E-state index contributed by atoms with van der Waals surface area (Å²) in [5.41, 5.74) is 0.972. The molecule has 3 rings (SSSR count). The number of fused-ring (bicyclic) bond motifs is 2. The molecule has 2 aliphatic heterocycles. The van der Waals surface area contributed by atoms with Gasteiger partial charge in [-0.25, -0.2) is 4.39 Å². The maximum atomic E-state index is 13.2. The molecule has 2 unspecified atom stereocenters. The van der Waals surface area contributed by atoms with Gasteiger partial charge >= 0.3 is 0 Å². The molecule has 1 aromatic rings. The first-order valence-corrected chi connectivity index (χ1v) is 5.96. The molecule has 0 aliphatic carbocycles. The van der Waals surface area contributed by atoms with Gasteiger partial charge in [0.2, 0.25) is 0 Å². The monoisotopic (exact) mass is 221 g/mol. The lowest BCUT2D eigenvalue weighted by Gasteiger charge is -2.39. The van der Waals surface area contributed by atoms with Crippen LogP contribution in [0.1, 0.15) is 25.7 Å². The van der Waals surface area contributed by atoms with Gasteiger partial charge in [0.1, 0.15) is 5.82 Å². The van der Waals surface area contributed by atoms with E-state index in [1.165, 1.54) is 6.07 Å². The van der Waals surface area contributed by atoms with Crippen molar-refractivity contribution in [2.45, 2.75) is 43.9 Å². The van der Waals surface area contributed by atoms with Crippen molar-refractivity contribution in [3.63, 3.8) is 0 Å². The van der Waals surface area contributed by atoms with Crippen LogP contribution in [0.4, 0.5) is 10.1 Å². The van der Waals surface area contributed by atoms with E-state index >= 15 is 0 Å². The van der Waals surface area contributed by atoms with E-state index in [1.54, 1.807) is 12.1 Å². The number of hydrogen-bond acceptors (Lipinski definition) is 2. The summed E-state index contributed by atoms with van der Waals surface area (Å²) in [7, 11) is 0. The minimum absolute atomic E-state index is 0.165. The SMILES string of the molecule is OC1CC2CCC(C1)N2c1cccc(F)c1. The van der Waals surface area contributed by atoms with Crippen molar-refractivity contribution in [1.82, 2.24) is 0 Å². The van der Waals surface area contributed by atoms with Gasteiger partial charge in [-0.15, -0.1) is 0 Å². The topological polar surface area (TPSA) is 23.5 Å². The highest BCUT2D eigenvalue weighted by atomic mass is 19.1. The number of aliphatic hydroxyl groups is 1. The highest BCUT2D eigenvalue weighted by Crippen LogP contribution is 2.39. The van der Waals surface area contributed by atoms with Crippen LogP contribution in [0.3, 0.4) is 0 Å². The molecule has 2 nitrogen and oxygen atoms in total. The summed E-state index contributed by atoms with van der Waals surface area (Å²) in [6.45, 7) is 0. The Hall–Kier alpha value is -1.09. The second-order valence-corrected chi connectivity index (χ2v) is 4.90. The molecule has 2 heterocycles. The number of halogens is 1. The molecule has 0 amide bonds. The molecule has 2 atom stereocenters. The second-order valence-electron chi connectivity index (χ2n) is 4.90. The molecule has 86 valence electrons. The summed E-state index contributed by atoms with van der Waals surface area (Å²) < 4.78 is 13.2. The fraction of sp³-hybridized carbons (Fsp3) is 0.538. The Labute approximate surface area is 94.7 Å². The molecule has 2 aliphatic rings. The van der Waals surface area contributed by atoms with Gasteiger partial charge in [0.05, 0.1) is 6.10 Å². The van der Waals surface area contributed by atoms with Gasteiger partial charge < -0.3 is 10.0 Å². The molecule has 0 saturated carbocycles. The van der Waals surface area contributed by atoms with Crippen molar-refractivity contribution < 1.29 is 9.50 Å². The Bertz CT molecular complexity index is 381. The Balaban J connectivity index is 1.91. The first-order valence-electron chi connectivity index (χ1n) is 5.96. The number of anilines is 1. The van der Waals surface area contributed by atoms with Crippen LogP contribution >= 0.6 is 0 Å². The molecule has 2 bridgehead atoms. The first-order chi connectivity index (χ1) is 7.74. The summed E-state index contributed by atoms with van der Waals surface area (Å²) >= 11 is 0. The lowest BCUT2D eigenvalue weighted by Crippen LogP contribution is -2.44.